The quantitative estimate of drug-likeness (QED) is 0.340. The number of fused-ring (bicyclic) bond motifs is 1. The Labute approximate surface area is 165 Å². The predicted octanol–water partition coefficient (Wildman–Crippen LogP) is 3.20. The molecule has 28 heavy (non-hydrogen) atoms. The molecule has 6 heteroatoms. The first-order valence-corrected chi connectivity index (χ1v) is 9.49. The molecule has 0 bridgehead atoms. The van der Waals surface area contributed by atoms with Crippen molar-refractivity contribution in [1.29, 1.82) is 0 Å². The van der Waals surface area contributed by atoms with Crippen molar-refractivity contribution in [3.8, 4) is 5.75 Å². The molecule has 0 aliphatic carbocycles. The predicted molar refractivity (Wildman–Crippen MR) is 110 cm³/mol. The third kappa shape index (κ3) is 4.75. The van der Waals surface area contributed by atoms with Crippen LogP contribution in [0.3, 0.4) is 0 Å². The number of hydrogen-bond acceptors (Lipinski definition) is 5. The van der Waals surface area contributed by atoms with E-state index in [4.69, 9.17) is 4.74 Å². The summed E-state index contributed by atoms with van der Waals surface area (Å²) >= 11 is 0. The average molecular weight is 383 g/mol. The lowest BCUT2D eigenvalue weighted by Crippen LogP contribution is -2.40. The zero-order chi connectivity index (χ0) is 19.9. The van der Waals surface area contributed by atoms with Crippen LogP contribution in [-0.4, -0.2) is 50.2 Å². The molecule has 0 aromatic heterocycles. The molecule has 1 aromatic rings. The van der Waals surface area contributed by atoms with Crippen LogP contribution in [0.15, 0.2) is 53.7 Å². The molecule has 2 fully saturated rings. The van der Waals surface area contributed by atoms with Crippen LogP contribution in [0, 0.1) is 11.7 Å². The van der Waals surface area contributed by atoms with Gasteiger partial charge in [-0.3, -0.25) is 9.79 Å². The van der Waals surface area contributed by atoms with Crippen molar-refractivity contribution in [2.45, 2.75) is 18.9 Å². The number of likely N-dealkylation sites (tertiary alicyclic amines) is 1. The molecule has 0 saturated carbocycles. The van der Waals surface area contributed by atoms with E-state index in [9.17, 15) is 9.18 Å². The number of piperidine rings is 1. The van der Waals surface area contributed by atoms with Crippen LogP contribution in [0.1, 0.15) is 18.4 Å². The van der Waals surface area contributed by atoms with Gasteiger partial charge in [-0.2, -0.15) is 0 Å². The Bertz CT molecular complexity index is 802. The summed E-state index contributed by atoms with van der Waals surface area (Å²) in [5.74, 6) is 0.342. The van der Waals surface area contributed by atoms with E-state index in [1.165, 1.54) is 38.2 Å². The van der Waals surface area contributed by atoms with Crippen molar-refractivity contribution >= 4 is 18.2 Å². The van der Waals surface area contributed by atoms with Crippen molar-refractivity contribution < 1.29 is 13.9 Å². The molecule has 0 spiro atoms. The topological polar surface area (TPSA) is 53.9 Å². The highest BCUT2D eigenvalue weighted by molar-refractivity contribution is 5.86. The Morgan fingerprint density at radius 3 is 3.00 bits per heavy atom. The lowest BCUT2D eigenvalue weighted by atomic mass is 9.94. The van der Waals surface area contributed by atoms with Gasteiger partial charge in [-0.25, -0.2) is 4.39 Å². The largest absolute Gasteiger partial charge is 0.494 e. The SMILES string of the molecule is C=C(\C=C/C=N/C(=C\C=O)c1ccc(OC)c(F)c1)N1C[C@H]2CCCN[C@H]2C1. The Kier molecular flexibility index (Phi) is 6.76. The second-order valence-corrected chi connectivity index (χ2v) is 7.03. The lowest BCUT2D eigenvalue weighted by Gasteiger charge is -2.24. The number of nitrogens with one attached hydrogen (secondary N) is 1. The van der Waals surface area contributed by atoms with E-state index in [-0.39, 0.29) is 5.75 Å². The molecule has 2 saturated heterocycles. The van der Waals surface area contributed by atoms with Crippen LogP contribution in [-0.2, 0) is 4.79 Å². The molecule has 2 atom stereocenters. The van der Waals surface area contributed by atoms with Gasteiger partial charge in [-0.05, 0) is 55.7 Å². The van der Waals surface area contributed by atoms with Crippen molar-refractivity contribution in [3.63, 3.8) is 0 Å². The highest BCUT2D eigenvalue weighted by Gasteiger charge is 2.34. The summed E-state index contributed by atoms with van der Waals surface area (Å²) < 4.78 is 18.8. The molecule has 0 amide bonds. The van der Waals surface area contributed by atoms with E-state index in [0.29, 0.717) is 29.5 Å². The monoisotopic (exact) mass is 383 g/mol. The van der Waals surface area contributed by atoms with Gasteiger partial charge in [0.25, 0.3) is 0 Å². The summed E-state index contributed by atoms with van der Waals surface area (Å²) in [4.78, 5) is 17.5. The van der Waals surface area contributed by atoms with E-state index < -0.39 is 5.82 Å². The highest BCUT2D eigenvalue weighted by atomic mass is 19.1. The van der Waals surface area contributed by atoms with Crippen LogP contribution in [0.4, 0.5) is 4.39 Å². The molecule has 2 aliphatic heterocycles. The third-order valence-electron chi connectivity index (χ3n) is 5.27. The second kappa shape index (κ2) is 9.46. The van der Waals surface area contributed by atoms with Gasteiger partial charge in [0.2, 0.25) is 0 Å². The molecule has 0 radical (unpaired) electrons. The van der Waals surface area contributed by atoms with Gasteiger partial charge in [-0.1, -0.05) is 6.58 Å². The summed E-state index contributed by atoms with van der Waals surface area (Å²) in [6, 6.07) is 5.03. The summed E-state index contributed by atoms with van der Waals surface area (Å²) in [6.07, 6.45) is 9.73. The fraction of sp³-hybridized carbons (Fsp3) is 0.364. The number of methoxy groups -OCH3 is 1. The second-order valence-electron chi connectivity index (χ2n) is 7.03. The van der Waals surface area contributed by atoms with Crippen molar-refractivity contribution in [3.05, 3.63) is 60.1 Å². The zero-order valence-corrected chi connectivity index (χ0v) is 16.1. The normalized spacial score (nSPS) is 22.6. The third-order valence-corrected chi connectivity index (χ3v) is 5.27. The first-order chi connectivity index (χ1) is 13.6. The van der Waals surface area contributed by atoms with Gasteiger partial charge < -0.3 is 15.0 Å². The number of carbonyl (C=O) groups excluding carboxylic acids is 1. The maximum Gasteiger partial charge on any atom is 0.165 e. The first-order valence-electron chi connectivity index (χ1n) is 9.49. The Balaban J connectivity index is 1.62. The highest BCUT2D eigenvalue weighted by Crippen LogP contribution is 2.27. The van der Waals surface area contributed by atoms with Crippen LogP contribution in [0.25, 0.3) is 5.70 Å². The number of nitrogens with zero attached hydrogens (tertiary/aromatic N) is 2. The fourth-order valence-electron chi connectivity index (χ4n) is 3.77. The van der Waals surface area contributed by atoms with E-state index >= 15 is 0 Å². The van der Waals surface area contributed by atoms with Crippen molar-refractivity contribution in [2.24, 2.45) is 10.9 Å². The van der Waals surface area contributed by atoms with Crippen molar-refractivity contribution in [1.82, 2.24) is 10.2 Å². The standard InChI is InChI=1S/C22H26FN3O2/c1-16(26-14-18-6-4-11-25-21(18)15-26)5-3-10-24-20(9-12-27)17-7-8-22(28-2)19(23)13-17/h3,5,7-10,12-13,18,21,25H,1,4,6,11,14-15H2,2H3/b5-3-,20-9-,24-10+/t18-,21+/m1/s1. The number of benzene rings is 1. The Morgan fingerprint density at radius 1 is 1.43 bits per heavy atom. The van der Waals surface area contributed by atoms with Crippen LogP contribution >= 0.6 is 0 Å². The molecule has 5 nitrogen and oxygen atoms in total. The number of aliphatic imine (C=N–C) groups is 1. The van der Waals surface area contributed by atoms with E-state index in [2.05, 4.69) is 21.8 Å². The van der Waals surface area contributed by atoms with E-state index in [1.54, 1.807) is 18.4 Å². The van der Waals surface area contributed by atoms with Gasteiger partial charge >= 0.3 is 0 Å². The van der Waals surface area contributed by atoms with Gasteiger partial charge in [-0.15, -0.1) is 0 Å². The fourth-order valence-corrected chi connectivity index (χ4v) is 3.77. The first kappa shape index (κ1) is 20.0. The number of carbonyl (C=O) groups is 1. The smallest absolute Gasteiger partial charge is 0.165 e. The number of halogens is 1. The number of aldehydes is 1. The zero-order valence-electron chi connectivity index (χ0n) is 16.1. The molecule has 0 unspecified atom stereocenters. The number of hydrogen-bond donors (Lipinski definition) is 1. The molecule has 148 valence electrons. The molecular formula is C22H26FN3O2. The minimum absolute atomic E-state index is 0.148. The summed E-state index contributed by atoms with van der Waals surface area (Å²) in [7, 11) is 1.40. The Morgan fingerprint density at radius 2 is 2.29 bits per heavy atom. The molecule has 2 heterocycles. The minimum Gasteiger partial charge on any atom is -0.494 e. The molecule has 2 aliphatic rings. The van der Waals surface area contributed by atoms with Crippen molar-refractivity contribution in [2.75, 3.05) is 26.7 Å². The molecule has 1 aromatic carbocycles. The maximum absolute atomic E-state index is 13.9. The molecular weight excluding hydrogens is 357 g/mol. The number of ether oxygens (including phenoxy) is 1. The van der Waals surface area contributed by atoms with Gasteiger partial charge in [0.05, 0.1) is 12.8 Å². The van der Waals surface area contributed by atoms with Crippen LogP contribution in [0.5, 0.6) is 5.75 Å². The molecule has 1 N–H and O–H groups in total. The Hall–Kier alpha value is -2.73. The minimum atomic E-state index is -0.500. The number of allylic oxidation sites excluding steroid dienone is 3. The maximum atomic E-state index is 13.9. The molecule has 3 rings (SSSR count). The lowest BCUT2D eigenvalue weighted by molar-refractivity contribution is -0.104. The van der Waals surface area contributed by atoms with Crippen LogP contribution < -0.4 is 10.1 Å². The average Bonchev–Trinajstić information content (AvgIpc) is 3.14. The van der Waals surface area contributed by atoms with Crippen LogP contribution in [0.2, 0.25) is 0 Å². The van der Waals surface area contributed by atoms with E-state index in [1.807, 2.05) is 6.08 Å². The summed E-state index contributed by atoms with van der Waals surface area (Å²) in [6.45, 7) is 7.26. The summed E-state index contributed by atoms with van der Waals surface area (Å²) in [5, 5.41) is 3.58. The van der Waals surface area contributed by atoms with E-state index in [0.717, 1.165) is 25.3 Å². The van der Waals surface area contributed by atoms with Gasteiger partial charge in [0.15, 0.2) is 11.6 Å². The van der Waals surface area contributed by atoms with Gasteiger partial charge in [0.1, 0.15) is 6.29 Å². The summed E-state index contributed by atoms with van der Waals surface area (Å²) in [5.41, 5.74) is 1.82. The number of rotatable bonds is 7. The van der Waals surface area contributed by atoms with Gasteiger partial charge in [0, 0.05) is 42.7 Å².